The van der Waals surface area contributed by atoms with Crippen LogP contribution in [0.5, 0.6) is 0 Å². The summed E-state index contributed by atoms with van der Waals surface area (Å²) in [6.07, 6.45) is 4.19. The van der Waals surface area contributed by atoms with E-state index in [-0.39, 0.29) is 11.8 Å². The van der Waals surface area contributed by atoms with Gasteiger partial charge in [-0.1, -0.05) is 66.7 Å². The fourth-order valence-electron chi connectivity index (χ4n) is 2.71. The lowest BCUT2D eigenvalue weighted by molar-refractivity contribution is -0.122. The van der Waals surface area contributed by atoms with Crippen molar-refractivity contribution in [1.82, 2.24) is 10.3 Å². The summed E-state index contributed by atoms with van der Waals surface area (Å²) in [7, 11) is 0. The van der Waals surface area contributed by atoms with Crippen LogP contribution in [0.3, 0.4) is 0 Å². The van der Waals surface area contributed by atoms with Crippen LogP contribution in [-0.2, 0) is 17.8 Å². The molecule has 1 amide bonds. The van der Waals surface area contributed by atoms with Gasteiger partial charge < -0.3 is 5.32 Å². The maximum Gasteiger partial charge on any atom is 0.228 e. The number of aromatic nitrogens is 1. The Balaban J connectivity index is 1.75. The van der Waals surface area contributed by atoms with Gasteiger partial charge in [0.25, 0.3) is 0 Å². The molecule has 0 unspecified atom stereocenters. The molecule has 0 saturated carbocycles. The van der Waals surface area contributed by atoms with Gasteiger partial charge in [-0.05, 0) is 29.2 Å². The Kier molecular flexibility index (Phi) is 5.36. The Labute approximate surface area is 142 Å². The first-order chi connectivity index (χ1) is 11.8. The van der Waals surface area contributed by atoms with Gasteiger partial charge in [0.05, 0.1) is 5.92 Å². The summed E-state index contributed by atoms with van der Waals surface area (Å²) in [6.45, 7) is 0.491. The standard InChI is InChI=1S/C21H20N2O/c24-21(23-16-18-10-7-13-22-15-18)20(19-11-5-2-6-12-19)14-17-8-3-1-4-9-17/h1-13,15,20H,14,16H2,(H,23,24)/t20-/m0/s1. The minimum atomic E-state index is -0.203. The van der Waals surface area contributed by atoms with Crippen molar-refractivity contribution in [2.24, 2.45) is 0 Å². The van der Waals surface area contributed by atoms with Crippen molar-refractivity contribution >= 4 is 5.91 Å². The molecule has 3 nitrogen and oxygen atoms in total. The second-order valence-electron chi connectivity index (χ2n) is 5.73. The molecule has 1 atom stereocenters. The van der Waals surface area contributed by atoms with Gasteiger partial charge in [0.2, 0.25) is 5.91 Å². The number of amides is 1. The Morgan fingerprint density at radius 3 is 2.21 bits per heavy atom. The molecule has 0 aliphatic heterocycles. The molecule has 120 valence electrons. The smallest absolute Gasteiger partial charge is 0.228 e. The Morgan fingerprint density at radius 2 is 1.54 bits per heavy atom. The van der Waals surface area contributed by atoms with E-state index < -0.39 is 0 Å². The van der Waals surface area contributed by atoms with E-state index in [4.69, 9.17) is 0 Å². The predicted octanol–water partition coefficient (Wildman–Crippen LogP) is 3.72. The number of hydrogen-bond acceptors (Lipinski definition) is 2. The summed E-state index contributed by atoms with van der Waals surface area (Å²) in [4.78, 5) is 16.9. The fourth-order valence-corrected chi connectivity index (χ4v) is 2.71. The third kappa shape index (κ3) is 4.29. The Morgan fingerprint density at radius 1 is 0.875 bits per heavy atom. The molecule has 0 bridgehead atoms. The highest BCUT2D eigenvalue weighted by molar-refractivity contribution is 5.84. The van der Waals surface area contributed by atoms with Crippen molar-refractivity contribution in [2.45, 2.75) is 18.9 Å². The highest BCUT2D eigenvalue weighted by atomic mass is 16.1. The molecule has 0 aliphatic rings. The van der Waals surface area contributed by atoms with E-state index in [1.807, 2.05) is 60.7 Å². The molecule has 1 aromatic heterocycles. The molecular formula is C21H20N2O. The number of nitrogens with one attached hydrogen (secondary N) is 1. The molecule has 0 fully saturated rings. The molecule has 0 spiro atoms. The minimum Gasteiger partial charge on any atom is -0.351 e. The van der Waals surface area contributed by atoms with Crippen molar-refractivity contribution < 1.29 is 4.79 Å². The predicted molar refractivity (Wildman–Crippen MR) is 95.4 cm³/mol. The molecule has 1 heterocycles. The van der Waals surface area contributed by atoms with Crippen molar-refractivity contribution in [2.75, 3.05) is 0 Å². The lowest BCUT2D eigenvalue weighted by Gasteiger charge is -2.17. The van der Waals surface area contributed by atoms with E-state index in [2.05, 4.69) is 22.4 Å². The van der Waals surface area contributed by atoms with Gasteiger partial charge in [0, 0.05) is 18.9 Å². The second kappa shape index (κ2) is 8.06. The monoisotopic (exact) mass is 316 g/mol. The molecule has 24 heavy (non-hydrogen) atoms. The molecule has 3 heteroatoms. The van der Waals surface area contributed by atoms with Crippen molar-refractivity contribution in [3.63, 3.8) is 0 Å². The molecule has 2 aromatic carbocycles. The molecule has 3 aromatic rings. The summed E-state index contributed by atoms with van der Waals surface area (Å²) in [5.41, 5.74) is 3.19. The number of nitrogens with zero attached hydrogens (tertiary/aromatic N) is 1. The first-order valence-electron chi connectivity index (χ1n) is 8.08. The normalized spacial score (nSPS) is 11.7. The van der Waals surface area contributed by atoms with Gasteiger partial charge >= 0.3 is 0 Å². The Hall–Kier alpha value is -2.94. The number of rotatable bonds is 6. The molecular weight excluding hydrogens is 296 g/mol. The zero-order chi connectivity index (χ0) is 16.6. The molecule has 0 saturated heterocycles. The van der Waals surface area contributed by atoms with Gasteiger partial charge in [-0.3, -0.25) is 9.78 Å². The fraction of sp³-hybridized carbons (Fsp3) is 0.143. The van der Waals surface area contributed by atoms with Gasteiger partial charge in [0.15, 0.2) is 0 Å². The van der Waals surface area contributed by atoms with E-state index in [1.54, 1.807) is 12.4 Å². The van der Waals surface area contributed by atoms with Crippen LogP contribution in [0.4, 0.5) is 0 Å². The summed E-state index contributed by atoms with van der Waals surface area (Å²) in [5, 5.41) is 3.04. The number of carbonyl (C=O) groups is 1. The molecule has 0 radical (unpaired) electrons. The third-order valence-corrected chi connectivity index (χ3v) is 3.99. The maximum atomic E-state index is 12.8. The van der Waals surface area contributed by atoms with Gasteiger partial charge in [-0.25, -0.2) is 0 Å². The molecule has 3 rings (SSSR count). The Bertz CT molecular complexity index is 758. The van der Waals surface area contributed by atoms with Gasteiger partial charge in [-0.2, -0.15) is 0 Å². The molecule has 0 aliphatic carbocycles. The van der Waals surface area contributed by atoms with Crippen LogP contribution in [0.25, 0.3) is 0 Å². The number of benzene rings is 2. The van der Waals surface area contributed by atoms with E-state index >= 15 is 0 Å². The van der Waals surface area contributed by atoms with Crippen molar-refractivity contribution in [3.8, 4) is 0 Å². The van der Waals surface area contributed by atoms with Crippen LogP contribution in [0.2, 0.25) is 0 Å². The minimum absolute atomic E-state index is 0.0360. The third-order valence-electron chi connectivity index (χ3n) is 3.99. The van der Waals surface area contributed by atoms with Crippen molar-refractivity contribution in [3.05, 3.63) is 102 Å². The lowest BCUT2D eigenvalue weighted by Crippen LogP contribution is -2.30. The second-order valence-corrected chi connectivity index (χ2v) is 5.73. The zero-order valence-electron chi connectivity index (χ0n) is 13.4. The van der Waals surface area contributed by atoms with Gasteiger partial charge in [-0.15, -0.1) is 0 Å². The SMILES string of the molecule is O=C(NCc1cccnc1)[C@@H](Cc1ccccc1)c1ccccc1. The van der Waals surface area contributed by atoms with Crippen LogP contribution in [0, 0.1) is 0 Å². The van der Waals surface area contributed by atoms with Crippen molar-refractivity contribution in [1.29, 1.82) is 0 Å². The highest BCUT2D eigenvalue weighted by Gasteiger charge is 2.20. The van der Waals surface area contributed by atoms with E-state index in [1.165, 1.54) is 0 Å². The van der Waals surface area contributed by atoms with E-state index in [9.17, 15) is 4.79 Å². The number of hydrogen-bond donors (Lipinski definition) is 1. The summed E-state index contributed by atoms with van der Waals surface area (Å²) < 4.78 is 0. The topological polar surface area (TPSA) is 42.0 Å². The number of carbonyl (C=O) groups excluding carboxylic acids is 1. The first kappa shape index (κ1) is 15.9. The maximum absolute atomic E-state index is 12.8. The summed E-state index contributed by atoms with van der Waals surface area (Å²) >= 11 is 0. The average molecular weight is 316 g/mol. The van der Waals surface area contributed by atoms with Crippen LogP contribution in [0.15, 0.2) is 85.2 Å². The van der Waals surface area contributed by atoms with Crippen LogP contribution in [-0.4, -0.2) is 10.9 Å². The van der Waals surface area contributed by atoms with Crippen LogP contribution < -0.4 is 5.32 Å². The number of pyridine rings is 1. The average Bonchev–Trinajstić information content (AvgIpc) is 2.66. The first-order valence-corrected chi connectivity index (χ1v) is 8.08. The lowest BCUT2D eigenvalue weighted by atomic mass is 9.91. The zero-order valence-corrected chi connectivity index (χ0v) is 13.4. The largest absolute Gasteiger partial charge is 0.351 e. The summed E-state index contributed by atoms with van der Waals surface area (Å²) in [5.74, 6) is -0.167. The summed E-state index contributed by atoms with van der Waals surface area (Å²) in [6, 6.07) is 23.9. The highest BCUT2D eigenvalue weighted by Crippen LogP contribution is 2.21. The van der Waals surface area contributed by atoms with E-state index in [0.717, 1.165) is 16.7 Å². The molecule has 1 N–H and O–H groups in total. The van der Waals surface area contributed by atoms with E-state index in [0.29, 0.717) is 13.0 Å². The van der Waals surface area contributed by atoms with Crippen LogP contribution >= 0.6 is 0 Å². The quantitative estimate of drug-likeness (QED) is 0.753. The van der Waals surface area contributed by atoms with Crippen LogP contribution in [0.1, 0.15) is 22.6 Å². The van der Waals surface area contributed by atoms with Gasteiger partial charge in [0.1, 0.15) is 0 Å².